The number of benzene rings is 1. The monoisotopic (exact) mass is 366 g/mol. The Bertz CT molecular complexity index is 690. The first kappa shape index (κ1) is 18.4. The van der Waals surface area contributed by atoms with Gasteiger partial charge in [0, 0.05) is 38.9 Å². The van der Waals surface area contributed by atoms with Gasteiger partial charge in [0.25, 0.3) is 5.91 Å². The van der Waals surface area contributed by atoms with Crippen molar-refractivity contribution in [3.05, 3.63) is 29.8 Å². The molecule has 2 heterocycles. The summed E-state index contributed by atoms with van der Waals surface area (Å²) >= 11 is 0. The molecule has 25 heavy (non-hydrogen) atoms. The molecular formula is C18H26N2O4S. The van der Waals surface area contributed by atoms with Gasteiger partial charge in [-0.05, 0) is 56.4 Å². The molecule has 0 N–H and O–H groups in total. The summed E-state index contributed by atoms with van der Waals surface area (Å²) < 4.78 is 32.2. The number of rotatable bonds is 5. The molecule has 0 saturated carbocycles. The van der Waals surface area contributed by atoms with Gasteiger partial charge in [0.15, 0.2) is 0 Å². The van der Waals surface area contributed by atoms with Gasteiger partial charge in [-0.3, -0.25) is 4.79 Å². The molecule has 0 unspecified atom stereocenters. The number of likely N-dealkylation sites (tertiary alicyclic amines) is 1. The summed E-state index contributed by atoms with van der Waals surface area (Å²) in [7, 11) is -1.99. The Kier molecular flexibility index (Phi) is 5.76. The SMILES string of the molecule is CN(C[C@H]1CCCO1)S(=O)(=O)c1ccc(C(=O)N2CCCCC2)cc1. The van der Waals surface area contributed by atoms with Crippen molar-refractivity contribution in [1.82, 2.24) is 9.21 Å². The number of carbonyl (C=O) groups is 1. The Morgan fingerprint density at radius 2 is 1.84 bits per heavy atom. The van der Waals surface area contributed by atoms with E-state index in [2.05, 4.69) is 0 Å². The number of amides is 1. The van der Waals surface area contributed by atoms with E-state index in [1.54, 1.807) is 19.2 Å². The van der Waals surface area contributed by atoms with Crippen molar-refractivity contribution in [2.24, 2.45) is 0 Å². The van der Waals surface area contributed by atoms with Crippen LogP contribution in [0.5, 0.6) is 0 Å². The Hall–Kier alpha value is -1.44. The molecule has 1 aromatic carbocycles. The van der Waals surface area contributed by atoms with Gasteiger partial charge in [0.05, 0.1) is 11.0 Å². The number of carbonyl (C=O) groups excluding carboxylic acids is 1. The summed E-state index contributed by atoms with van der Waals surface area (Å²) in [6.45, 7) is 2.62. The Morgan fingerprint density at radius 3 is 2.44 bits per heavy atom. The lowest BCUT2D eigenvalue weighted by Gasteiger charge is -2.26. The predicted octanol–water partition coefficient (Wildman–Crippen LogP) is 2.11. The molecule has 2 aliphatic heterocycles. The van der Waals surface area contributed by atoms with Crippen LogP contribution in [0.25, 0.3) is 0 Å². The van der Waals surface area contributed by atoms with E-state index in [0.29, 0.717) is 18.7 Å². The zero-order valence-corrected chi connectivity index (χ0v) is 15.5. The number of nitrogens with zero attached hydrogens (tertiary/aromatic N) is 2. The number of likely N-dealkylation sites (N-methyl/N-ethyl adjacent to an activating group) is 1. The minimum Gasteiger partial charge on any atom is -0.377 e. The zero-order valence-electron chi connectivity index (χ0n) is 14.7. The van der Waals surface area contributed by atoms with E-state index < -0.39 is 10.0 Å². The van der Waals surface area contributed by atoms with Gasteiger partial charge in [-0.15, -0.1) is 0 Å². The maximum absolute atomic E-state index is 12.7. The highest BCUT2D eigenvalue weighted by Gasteiger charge is 2.26. The average Bonchev–Trinajstić information content (AvgIpc) is 3.15. The second-order valence-electron chi connectivity index (χ2n) is 6.80. The molecule has 6 nitrogen and oxygen atoms in total. The van der Waals surface area contributed by atoms with Gasteiger partial charge >= 0.3 is 0 Å². The van der Waals surface area contributed by atoms with Gasteiger partial charge in [-0.25, -0.2) is 8.42 Å². The summed E-state index contributed by atoms with van der Waals surface area (Å²) in [4.78, 5) is 14.5. The van der Waals surface area contributed by atoms with Crippen LogP contribution in [0.2, 0.25) is 0 Å². The van der Waals surface area contributed by atoms with E-state index in [0.717, 1.165) is 45.2 Å². The molecule has 0 spiro atoms. The molecule has 2 aliphatic rings. The molecular weight excluding hydrogens is 340 g/mol. The van der Waals surface area contributed by atoms with Crippen LogP contribution < -0.4 is 0 Å². The van der Waals surface area contributed by atoms with Gasteiger partial charge in [0.1, 0.15) is 0 Å². The molecule has 2 fully saturated rings. The highest BCUT2D eigenvalue weighted by molar-refractivity contribution is 7.89. The van der Waals surface area contributed by atoms with Crippen LogP contribution in [0.15, 0.2) is 29.2 Å². The zero-order chi connectivity index (χ0) is 17.9. The summed E-state index contributed by atoms with van der Waals surface area (Å²) in [6, 6.07) is 6.28. The van der Waals surface area contributed by atoms with Crippen LogP contribution in [0, 0.1) is 0 Å². The first-order chi connectivity index (χ1) is 12.0. The number of ether oxygens (including phenoxy) is 1. The van der Waals surface area contributed by atoms with Crippen molar-refractivity contribution in [3.8, 4) is 0 Å². The molecule has 1 atom stereocenters. The molecule has 3 rings (SSSR count). The van der Waals surface area contributed by atoms with Gasteiger partial charge < -0.3 is 9.64 Å². The quantitative estimate of drug-likeness (QED) is 0.800. The number of sulfonamides is 1. The van der Waals surface area contributed by atoms with Crippen molar-refractivity contribution in [1.29, 1.82) is 0 Å². The molecule has 0 aliphatic carbocycles. The smallest absolute Gasteiger partial charge is 0.253 e. The molecule has 0 radical (unpaired) electrons. The molecule has 138 valence electrons. The standard InChI is InChI=1S/C18H26N2O4S/c1-19(14-16-6-5-13-24-16)25(22,23)17-9-7-15(8-10-17)18(21)20-11-3-2-4-12-20/h7-10,16H,2-6,11-14H2,1H3/t16-/m1/s1. The Labute approximate surface area is 149 Å². The molecule has 7 heteroatoms. The third kappa shape index (κ3) is 4.22. The summed E-state index contributed by atoms with van der Waals surface area (Å²) in [5.74, 6) is -0.0173. The van der Waals surface area contributed by atoms with Crippen LogP contribution in [0.4, 0.5) is 0 Å². The van der Waals surface area contributed by atoms with Crippen molar-refractivity contribution in [2.75, 3.05) is 33.3 Å². The fourth-order valence-corrected chi connectivity index (χ4v) is 4.60. The average molecular weight is 366 g/mol. The van der Waals surface area contributed by atoms with Crippen molar-refractivity contribution >= 4 is 15.9 Å². The number of hydrogen-bond donors (Lipinski definition) is 0. The fourth-order valence-electron chi connectivity index (χ4n) is 3.40. The normalized spacial score (nSPS) is 21.7. The van der Waals surface area contributed by atoms with Crippen LogP contribution in [0.3, 0.4) is 0 Å². The van der Waals surface area contributed by atoms with Crippen LogP contribution in [-0.2, 0) is 14.8 Å². The first-order valence-corrected chi connectivity index (χ1v) is 10.4. The lowest BCUT2D eigenvalue weighted by atomic mass is 10.1. The van der Waals surface area contributed by atoms with Crippen LogP contribution in [0.1, 0.15) is 42.5 Å². The second-order valence-corrected chi connectivity index (χ2v) is 8.84. The lowest BCUT2D eigenvalue weighted by Crippen LogP contribution is -2.35. The van der Waals surface area contributed by atoms with E-state index in [9.17, 15) is 13.2 Å². The van der Waals surface area contributed by atoms with Gasteiger partial charge in [-0.2, -0.15) is 4.31 Å². The minimum atomic E-state index is -3.57. The van der Waals surface area contributed by atoms with Gasteiger partial charge in [0.2, 0.25) is 10.0 Å². The highest BCUT2D eigenvalue weighted by atomic mass is 32.2. The number of piperidine rings is 1. The highest BCUT2D eigenvalue weighted by Crippen LogP contribution is 2.20. The largest absolute Gasteiger partial charge is 0.377 e. The Balaban J connectivity index is 1.68. The van der Waals surface area contributed by atoms with Crippen molar-refractivity contribution in [3.63, 3.8) is 0 Å². The third-order valence-corrected chi connectivity index (χ3v) is 6.78. The fraction of sp³-hybridized carbons (Fsp3) is 0.611. The molecule has 0 aromatic heterocycles. The van der Waals surface area contributed by atoms with Crippen molar-refractivity contribution in [2.45, 2.75) is 43.1 Å². The summed E-state index contributed by atoms with van der Waals surface area (Å²) in [6.07, 6.45) is 5.07. The molecule has 0 bridgehead atoms. The van der Waals surface area contributed by atoms with Gasteiger partial charge in [-0.1, -0.05) is 0 Å². The maximum atomic E-state index is 12.7. The maximum Gasteiger partial charge on any atom is 0.253 e. The van der Waals surface area contributed by atoms with E-state index in [1.807, 2.05) is 4.90 Å². The second kappa shape index (κ2) is 7.85. The summed E-state index contributed by atoms with van der Waals surface area (Å²) in [5.41, 5.74) is 0.544. The molecule has 2 saturated heterocycles. The topological polar surface area (TPSA) is 66.9 Å². The number of hydrogen-bond acceptors (Lipinski definition) is 4. The minimum absolute atomic E-state index is 0.0173. The van der Waals surface area contributed by atoms with E-state index in [1.165, 1.54) is 16.4 Å². The summed E-state index contributed by atoms with van der Waals surface area (Å²) in [5, 5.41) is 0. The van der Waals surface area contributed by atoms with Crippen molar-refractivity contribution < 1.29 is 17.9 Å². The van der Waals surface area contributed by atoms with E-state index >= 15 is 0 Å². The molecule has 1 amide bonds. The van der Waals surface area contributed by atoms with E-state index in [4.69, 9.17) is 4.74 Å². The Morgan fingerprint density at radius 1 is 1.16 bits per heavy atom. The van der Waals surface area contributed by atoms with Crippen LogP contribution in [-0.4, -0.2) is 62.9 Å². The predicted molar refractivity (Wildman–Crippen MR) is 95.0 cm³/mol. The molecule has 1 aromatic rings. The lowest BCUT2D eigenvalue weighted by molar-refractivity contribution is 0.0724. The van der Waals surface area contributed by atoms with Crippen LogP contribution >= 0.6 is 0 Å². The first-order valence-electron chi connectivity index (χ1n) is 8.96. The third-order valence-electron chi connectivity index (χ3n) is 4.94. The van der Waals surface area contributed by atoms with E-state index in [-0.39, 0.29) is 16.9 Å².